The van der Waals surface area contributed by atoms with Crippen LogP contribution >= 0.6 is 0 Å². The molecular formula is C24H26FN5O3. The van der Waals surface area contributed by atoms with Crippen LogP contribution in [0, 0.1) is 19.7 Å². The Bertz CT molecular complexity index is 1320. The lowest BCUT2D eigenvalue weighted by atomic mass is 10.1. The number of likely N-dealkylation sites (N-methyl/N-ethyl adjacent to an activating group) is 1. The summed E-state index contributed by atoms with van der Waals surface area (Å²) in [7, 11) is 1.96. The predicted molar refractivity (Wildman–Crippen MR) is 122 cm³/mol. The van der Waals surface area contributed by atoms with E-state index in [-0.39, 0.29) is 17.9 Å². The monoisotopic (exact) mass is 451 g/mol. The van der Waals surface area contributed by atoms with E-state index in [0.29, 0.717) is 31.7 Å². The van der Waals surface area contributed by atoms with Gasteiger partial charge in [0.2, 0.25) is 5.69 Å². The maximum atomic E-state index is 14.3. The van der Waals surface area contributed by atoms with Crippen molar-refractivity contribution in [1.29, 1.82) is 0 Å². The smallest absolute Gasteiger partial charge is 0.335 e. The number of benzene rings is 2. The molecule has 3 aromatic rings. The van der Waals surface area contributed by atoms with Crippen molar-refractivity contribution in [3.8, 4) is 5.69 Å². The fourth-order valence-corrected chi connectivity index (χ4v) is 3.82. The van der Waals surface area contributed by atoms with Gasteiger partial charge < -0.3 is 9.80 Å². The quantitative estimate of drug-likeness (QED) is 0.602. The topological polar surface area (TPSA) is 80.4 Å². The molecule has 0 atom stereocenters. The zero-order chi connectivity index (χ0) is 23.7. The molecule has 0 radical (unpaired) electrons. The van der Waals surface area contributed by atoms with Gasteiger partial charge in [0.05, 0.1) is 12.2 Å². The summed E-state index contributed by atoms with van der Waals surface area (Å²) in [5.74, 6) is -1.04. The Balaban J connectivity index is 1.86. The number of halogens is 1. The van der Waals surface area contributed by atoms with Gasteiger partial charge in [-0.05, 0) is 38.1 Å². The molecule has 9 heteroatoms. The van der Waals surface area contributed by atoms with Gasteiger partial charge >= 0.3 is 5.69 Å². The summed E-state index contributed by atoms with van der Waals surface area (Å²) in [6, 6.07) is 11.7. The summed E-state index contributed by atoms with van der Waals surface area (Å²) in [4.78, 5) is 43.5. The number of hydrogen-bond donors (Lipinski definition) is 0. The number of aryl methyl sites for hydroxylation is 2. The minimum atomic E-state index is -0.755. The second kappa shape index (κ2) is 9.11. The Labute approximate surface area is 190 Å². The Morgan fingerprint density at radius 3 is 2.42 bits per heavy atom. The average molecular weight is 452 g/mol. The van der Waals surface area contributed by atoms with Crippen LogP contribution in [0.1, 0.15) is 27.2 Å². The van der Waals surface area contributed by atoms with Gasteiger partial charge in [-0.25, -0.2) is 9.18 Å². The normalized spacial score (nSPS) is 14.5. The number of aromatic nitrogens is 3. The van der Waals surface area contributed by atoms with Crippen LogP contribution in [0.15, 0.2) is 52.1 Å². The zero-order valence-electron chi connectivity index (χ0n) is 18.9. The van der Waals surface area contributed by atoms with Crippen molar-refractivity contribution in [2.75, 3.05) is 33.2 Å². The van der Waals surface area contributed by atoms with E-state index in [0.717, 1.165) is 20.4 Å². The van der Waals surface area contributed by atoms with E-state index >= 15 is 0 Å². The molecule has 2 heterocycles. The minimum absolute atomic E-state index is 0.0285. The van der Waals surface area contributed by atoms with Crippen LogP contribution in [0.3, 0.4) is 0 Å². The molecule has 1 aliphatic heterocycles. The maximum absolute atomic E-state index is 14.3. The van der Waals surface area contributed by atoms with Crippen molar-refractivity contribution < 1.29 is 9.18 Å². The molecule has 1 aliphatic rings. The highest BCUT2D eigenvalue weighted by molar-refractivity contribution is 5.92. The summed E-state index contributed by atoms with van der Waals surface area (Å²) in [5.41, 5.74) is 0.424. The lowest BCUT2D eigenvalue weighted by Crippen LogP contribution is -2.51. The Morgan fingerprint density at radius 1 is 1.03 bits per heavy atom. The summed E-state index contributed by atoms with van der Waals surface area (Å²) in [6.45, 7) is 5.74. The molecule has 4 rings (SSSR count). The highest BCUT2D eigenvalue weighted by atomic mass is 19.1. The number of carbonyl (C=O) groups excluding carboxylic acids is 1. The first-order valence-electron chi connectivity index (χ1n) is 10.8. The number of nitrogens with zero attached hydrogens (tertiary/aromatic N) is 5. The summed E-state index contributed by atoms with van der Waals surface area (Å²) in [5, 5.41) is 4.13. The van der Waals surface area contributed by atoms with Crippen LogP contribution in [0.2, 0.25) is 0 Å². The van der Waals surface area contributed by atoms with Gasteiger partial charge in [0.25, 0.3) is 11.5 Å². The van der Waals surface area contributed by atoms with E-state index in [1.807, 2.05) is 32.2 Å². The lowest BCUT2D eigenvalue weighted by Gasteiger charge is -2.32. The third kappa shape index (κ3) is 4.63. The number of rotatable bonds is 4. The van der Waals surface area contributed by atoms with Crippen molar-refractivity contribution in [2.45, 2.75) is 20.4 Å². The van der Waals surface area contributed by atoms with Gasteiger partial charge in [-0.15, -0.1) is 0 Å². The molecule has 1 amide bonds. The maximum Gasteiger partial charge on any atom is 0.352 e. The van der Waals surface area contributed by atoms with E-state index in [1.165, 1.54) is 12.1 Å². The second-order valence-electron chi connectivity index (χ2n) is 8.45. The van der Waals surface area contributed by atoms with E-state index in [1.54, 1.807) is 24.0 Å². The van der Waals surface area contributed by atoms with Gasteiger partial charge in [0, 0.05) is 32.2 Å². The molecule has 0 saturated carbocycles. The van der Waals surface area contributed by atoms with Crippen molar-refractivity contribution in [2.24, 2.45) is 0 Å². The van der Waals surface area contributed by atoms with Crippen molar-refractivity contribution >= 4 is 5.91 Å². The van der Waals surface area contributed by atoms with Crippen molar-refractivity contribution in [3.63, 3.8) is 0 Å². The highest BCUT2D eigenvalue weighted by Crippen LogP contribution is 2.12. The Kier molecular flexibility index (Phi) is 6.24. The molecule has 172 valence electrons. The number of piperazine rings is 1. The summed E-state index contributed by atoms with van der Waals surface area (Å²) >= 11 is 0. The van der Waals surface area contributed by atoms with Gasteiger partial charge in [-0.1, -0.05) is 35.9 Å². The van der Waals surface area contributed by atoms with Crippen LogP contribution in [0.5, 0.6) is 0 Å². The summed E-state index contributed by atoms with van der Waals surface area (Å²) in [6.07, 6.45) is 0. The van der Waals surface area contributed by atoms with Gasteiger partial charge in [0.1, 0.15) is 5.82 Å². The van der Waals surface area contributed by atoms with E-state index in [9.17, 15) is 18.8 Å². The molecule has 0 unspecified atom stereocenters. The summed E-state index contributed by atoms with van der Waals surface area (Å²) < 4.78 is 16.2. The standard InChI is InChI=1S/C24H26FN5O3/c1-16-5-4-6-18(13-16)15-29-23(32)21(22(31)28-11-9-27(3)10-12-28)26-30(24(29)33)19-8-7-17(2)20(25)14-19/h4-8,13-14H,9-12,15H2,1-3H3. The number of carbonyl (C=O) groups is 1. The van der Waals surface area contributed by atoms with E-state index < -0.39 is 23.0 Å². The fourth-order valence-electron chi connectivity index (χ4n) is 3.82. The predicted octanol–water partition coefficient (Wildman–Crippen LogP) is 1.59. The molecule has 8 nitrogen and oxygen atoms in total. The molecule has 33 heavy (non-hydrogen) atoms. The number of amides is 1. The van der Waals surface area contributed by atoms with Crippen LogP contribution in [-0.2, 0) is 6.54 Å². The molecular weight excluding hydrogens is 425 g/mol. The van der Waals surface area contributed by atoms with Gasteiger partial charge in [-0.2, -0.15) is 9.78 Å². The molecule has 0 spiro atoms. The van der Waals surface area contributed by atoms with Crippen LogP contribution in [0.25, 0.3) is 5.69 Å². The van der Waals surface area contributed by atoms with Crippen LogP contribution in [0.4, 0.5) is 4.39 Å². The Morgan fingerprint density at radius 2 is 1.76 bits per heavy atom. The first kappa shape index (κ1) is 22.6. The number of hydrogen-bond acceptors (Lipinski definition) is 5. The molecule has 0 aliphatic carbocycles. The Hall–Kier alpha value is -3.59. The largest absolute Gasteiger partial charge is 0.352 e. The van der Waals surface area contributed by atoms with Crippen LogP contribution in [-0.4, -0.2) is 63.3 Å². The SMILES string of the molecule is Cc1cccc(Cn2c(=O)c(C(=O)N3CCN(C)CC3)nn(-c3ccc(C)c(F)c3)c2=O)c1. The average Bonchev–Trinajstić information content (AvgIpc) is 2.79. The highest BCUT2D eigenvalue weighted by Gasteiger charge is 2.27. The van der Waals surface area contributed by atoms with Crippen molar-refractivity contribution in [1.82, 2.24) is 24.1 Å². The second-order valence-corrected chi connectivity index (χ2v) is 8.45. The molecule has 2 aromatic carbocycles. The lowest BCUT2D eigenvalue weighted by molar-refractivity contribution is 0.0652. The molecule has 1 fully saturated rings. The first-order valence-corrected chi connectivity index (χ1v) is 10.8. The minimum Gasteiger partial charge on any atom is -0.335 e. The molecule has 0 bridgehead atoms. The van der Waals surface area contributed by atoms with Crippen LogP contribution < -0.4 is 11.2 Å². The third-order valence-electron chi connectivity index (χ3n) is 5.88. The fraction of sp³-hybridized carbons (Fsp3) is 0.333. The van der Waals surface area contributed by atoms with E-state index in [4.69, 9.17) is 0 Å². The third-order valence-corrected chi connectivity index (χ3v) is 5.88. The zero-order valence-corrected chi connectivity index (χ0v) is 18.9. The first-order chi connectivity index (χ1) is 15.7. The molecule has 1 aromatic heterocycles. The van der Waals surface area contributed by atoms with Crippen molar-refractivity contribution in [3.05, 3.63) is 91.5 Å². The van der Waals surface area contributed by atoms with Gasteiger partial charge in [-0.3, -0.25) is 14.2 Å². The van der Waals surface area contributed by atoms with E-state index in [2.05, 4.69) is 10.00 Å². The molecule has 0 N–H and O–H groups in total. The van der Waals surface area contributed by atoms with Gasteiger partial charge in [0.15, 0.2) is 0 Å². The molecule has 1 saturated heterocycles.